The first kappa shape index (κ1) is 26.9. The number of esters is 2. The molecule has 12 heteroatoms. The summed E-state index contributed by atoms with van der Waals surface area (Å²) in [7, 11) is 2.32. The third kappa shape index (κ3) is 6.29. The van der Waals surface area contributed by atoms with Crippen molar-refractivity contribution in [2.45, 2.75) is 31.2 Å². The lowest BCUT2D eigenvalue weighted by Crippen LogP contribution is -2.41. The number of ether oxygens (including phenoxy) is 2. The summed E-state index contributed by atoms with van der Waals surface area (Å²) in [6.07, 6.45) is -9.18. The van der Waals surface area contributed by atoms with Gasteiger partial charge in [-0.25, -0.2) is 4.79 Å². The molecule has 2 N–H and O–H groups in total. The Balaban J connectivity index is 1.91. The number of alkyl halides is 6. The maximum absolute atomic E-state index is 12.9. The molecule has 0 amide bonds. The van der Waals surface area contributed by atoms with Gasteiger partial charge in [-0.15, -0.1) is 0 Å². The van der Waals surface area contributed by atoms with Crippen molar-refractivity contribution in [3.05, 3.63) is 70.9 Å². The van der Waals surface area contributed by atoms with E-state index in [0.29, 0.717) is 0 Å². The van der Waals surface area contributed by atoms with Crippen molar-refractivity contribution in [3.8, 4) is 0 Å². The predicted molar refractivity (Wildman–Crippen MR) is 118 cm³/mol. The van der Waals surface area contributed by atoms with Crippen molar-refractivity contribution in [1.82, 2.24) is 0 Å². The lowest BCUT2D eigenvalue weighted by molar-refractivity contribution is -0.146. The quantitative estimate of drug-likeness (QED) is 0.383. The normalized spacial score (nSPS) is 18.4. The van der Waals surface area contributed by atoms with Crippen LogP contribution in [0.3, 0.4) is 0 Å². The first-order valence-corrected chi connectivity index (χ1v) is 10.6. The molecule has 0 heterocycles. The minimum absolute atomic E-state index is 0.0730. The molecule has 1 aliphatic carbocycles. The van der Waals surface area contributed by atoms with Gasteiger partial charge in [-0.1, -0.05) is 0 Å². The van der Waals surface area contributed by atoms with Crippen LogP contribution < -0.4 is 10.6 Å². The van der Waals surface area contributed by atoms with Gasteiger partial charge in [0.25, 0.3) is 0 Å². The van der Waals surface area contributed by atoms with E-state index in [0.717, 1.165) is 31.4 Å². The van der Waals surface area contributed by atoms with Crippen LogP contribution in [-0.2, 0) is 31.4 Å². The summed E-state index contributed by atoms with van der Waals surface area (Å²) >= 11 is 0. The molecule has 36 heavy (non-hydrogen) atoms. The fourth-order valence-electron chi connectivity index (χ4n) is 3.86. The second kappa shape index (κ2) is 10.5. The minimum atomic E-state index is -4.52. The maximum Gasteiger partial charge on any atom is 0.416 e. The van der Waals surface area contributed by atoms with E-state index in [2.05, 4.69) is 10.6 Å². The molecule has 3 rings (SSSR count). The molecule has 6 nitrogen and oxygen atoms in total. The standard InChI is InChI=1S/C24H22F6N2O4/c1-35-21(33)17-11-20(32-16-9-5-14(6-10-16)24(28,29)30)18(22(34)36-2)12-19(17)31-15-7-3-13(4-8-15)23(25,26)27/h3-10,17,19,31-32H,11-12H2,1-2H3. The van der Waals surface area contributed by atoms with Gasteiger partial charge in [-0.2, -0.15) is 26.3 Å². The first-order valence-electron chi connectivity index (χ1n) is 10.6. The zero-order valence-electron chi connectivity index (χ0n) is 19.1. The molecule has 0 bridgehead atoms. The Bertz CT molecular complexity index is 1130. The van der Waals surface area contributed by atoms with E-state index in [1.807, 2.05) is 0 Å². The molecule has 0 spiro atoms. The molecular weight excluding hydrogens is 494 g/mol. The number of anilines is 2. The first-order chi connectivity index (χ1) is 16.8. The van der Waals surface area contributed by atoms with E-state index in [4.69, 9.17) is 9.47 Å². The molecule has 0 saturated heterocycles. The smallest absolute Gasteiger partial charge is 0.416 e. The molecule has 2 aromatic carbocycles. The van der Waals surface area contributed by atoms with Crippen molar-refractivity contribution in [2.75, 3.05) is 24.9 Å². The fourth-order valence-corrected chi connectivity index (χ4v) is 3.86. The molecule has 0 radical (unpaired) electrons. The van der Waals surface area contributed by atoms with E-state index >= 15 is 0 Å². The van der Waals surface area contributed by atoms with E-state index in [9.17, 15) is 35.9 Å². The lowest BCUT2D eigenvalue weighted by Gasteiger charge is -2.34. The number of benzene rings is 2. The molecule has 0 fully saturated rings. The summed E-state index contributed by atoms with van der Waals surface area (Å²) in [5.41, 5.74) is -0.793. The van der Waals surface area contributed by atoms with Gasteiger partial charge in [0, 0.05) is 36.0 Å². The summed E-state index contributed by atoms with van der Waals surface area (Å²) in [6, 6.07) is 7.53. The van der Waals surface area contributed by atoms with Crippen LogP contribution in [0.4, 0.5) is 37.7 Å². The molecule has 2 aromatic rings. The van der Waals surface area contributed by atoms with Crippen LogP contribution in [-0.4, -0.2) is 32.2 Å². The van der Waals surface area contributed by atoms with Crippen molar-refractivity contribution in [2.24, 2.45) is 5.92 Å². The van der Waals surface area contributed by atoms with Crippen molar-refractivity contribution in [3.63, 3.8) is 0 Å². The van der Waals surface area contributed by atoms with E-state index in [1.54, 1.807) is 0 Å². The molecule has 2 unspecified atom stereocenters. The average molecular weight is 516 g/mol. The van der Waals surface area contributed by atoms with Crippen molar-refractivity contribution < 1.29 is 45.4 Å². The van der Waals surface area contributed by atoms with Crippen LogP contribution in [0.25, 0.3) is 0 Å². The van der Waals surface area contributed by atoms with Gasteiger partial charge < -0.3 is 20.1 Å². The SMILES string of the molecule is COC(=O)C1=C(Nc2ccc(C(F)(F)F)cc2)CC(C(=O)OC)C(Nc2ccc(C(F)(F)F)cc2)C1. The summed E-state index contributed by atoms with van der Waals surface area (Å²) in [5.74, 6) is -2.25. The topological polar surface area (TPSA) is 76.7 Å². The van der Waals surface area contributed by atoms with E-state index in [1.165, 1.54) is 31.4 Å². The third-order valence-corrected chi connectivity index (χ3v) is 5.71. The van der Waals surface area contributed by atoms with Gasteiger partial charge in [0.1, 0.15) is 0 Å². The second-order valence-electron chi connectivity index (χ2n) is 8.01. The molecule has 0 saturated carbocycles. The van der Waals surface area contributed by atoms with Gasteiger partial charge in [-0.05, 0) is 48.5 Å². The van der Waals surface area contributed by atoms with E-state index < -0.39 is 47.4 Å². The summed E-state index contributed by atoms with van der Waals surface area (Å²) in [6.45, 7) is 0. The van der Waals surface area contributed by atoms with Crippen LogP contribution in [0.2, 0.25) is 0 Å². The van der Waals surface area contributed by atoms with Gasteiger partial charge in [0.15, 0.2) is 0 Å². The van der Waals surface area contributed by atoms with Crippen LogP contribution in [0.15, 0.2) is 59.8 Å². The number of allylic oxidation sites excluding steroid dienone is 1. The van der Waals surface area contributed by atoms with Crippen LogP contribution >= 0.6 is 0 Å². The molecule has 0 aromatic heterocycles. The fraction of sp³-hybridized carbons (Fsp3) is 0.333. The molecular formula is C24H22F6N2O4. The number of nitrogens with one attached hydrogen (secondary N) is 2. The Kier molecular flexibility index (Phi) is 7.85. The van der Waals surface area contributed by atoms with Gasteiger partial charge >= 0.3 is 24.3 Å². The number of hydrogen-bond acceptors (Lipinski definition) is 6. The molecule has 2 atom stereocenters. The molecule has 194 valence electrons. The van der Waals surface area contributed by atoms with Crippen LogP contribution in [0, 0.1) is 5.92 Å². The third-order valence-electron chi connectivity index (χ3n) is 5.71. The summed E-state index contributed by atoms with van der Waals surface area (Å²) < 4.78 is 86.9. The monoisotopic (exact) mass is 516 g/mol. The van der Waals surface area contributed by atoms with Gasteiger partial charge in [0.05, 0.1) is 36.8 Å². The second-order valence-corrected chi connectivity index (χ2v) is 8.01. The van der Waals surface area contributed by atoms with Gasteiger partial charge in [-0.3, -0.25) is 4.79 Å². The Hall–Kier alpha value is -3.70. The lowest BCUT2D eigenvalue weighted by atomic mass is 9.82. The Morgan fingerprint density at radius 2 is 1.28 bits per heavy atom. The Morgan fingerprint density at radius 1 is 0.778 bits per heavy atom. The highest BCUT2D eigenvalue weighted by Gasteiger charge is 2.39. The van der Waals surface area contributed by atoms with Crippen LogP contribution in [0.5, 0.6) is 0 Å². The van der Waals surface area contributed by atoms with Crippen LogP contribution in [0.1, 0.15) is 24.0 Å². The predicted octanol–water partition coefficient (Wildman–Crippen LogP) is 5.63. The average Bonchev–Trinajstić information content (AvgIpc) is 2.83. The molecule has 0 aliphatic heterocycles. The number of carbonyl (C=O) groups excluding carboxylic acids is 2. The largest absolute Gasteiger partial charge is 0.469 e. The van der Waals surface area contributed by atoms with Crippen molar-refractivity contribution >= 4 is 23.3 Å². The zero-order valence-corrected chi connectivity index (χ0v) is 19.1. The number of rotatable bonds is 6. The Morgan fingerprint density at radius 3 is 1.72 bits per heavy atom. The highest BCUT2D eigenvalue weighted by atomic mass is 19.4. The maximum atomic E-state index is 12.9. The van der Waals surface area contributed by atoms with Crippen molar-refractivity contribution in [1.29, 1.82) is 0 Å². The summed E-state index contributed by atoms with van der Waals surface area (Å²) in [5, 5.41) is 5.87. The number of carbonyl (C=O) groups is 2. The Labute approximate surface area is 202 Å². The number of methoxy groups -OCH3 is 2. The zero-order chi connectivity index (χ0) is 26.7. The van der Waals surface area contributed by atoms with E-state index in [-0.39, 0.29) is 35.5 Å². The van der Waals surface area contributed by atoms with Gasteiger partial charge in [0.2, 0.25) is 0 Å². The summed E-state index contributed by atoms with van der Waals surface area (Å²) in [4.78, 5) is 25.1. The minimum Gasteiger partial charge on any atom is -0.469 e. The highest BCUT2D eigenvalue weighted by molar-refractivity contribution is 5.91. The highest BCUT2D eigenvalue weighted by Crippen LogP contribution is 2.36. The number of halogens is 6. The number of hydrogen-bond donors (Lipinski definition) is 2. The molecule has 1 aliphatic rings.